The molecule has 0 heterocycles. The summed E-state index contributed by atoms with van der Waals surface area (Å²) in [6, 6.07) is 0.984. The maximum Gasteiger partial charge on any atom is 0.500 e. The fourth-order valence-corrected chi connectivity index (χ4v) is 7.42. The van der Waals surface area contributed by atoms with E-state index in [1.807, 2.05) is 20.8 Å². The molecule has 0 aromatic carbocycles. The summed E-state index contributed by atoms with van der Waals surface area (Å²) in [7, 11) is -2.43. The van der Waals surface area contributed by atoms with Gasteiger partial charge in [-0.2, -0.15) is 0 Å². The first-order valence-electron chi connectivity index (χ1n) is 9.06. The standard InChI is InChI=1S/C17H34O3Si/c1-5-18-21(19-6-2,20-7-3)11-10-14(4)17-13-15-8-9-16(17)12-15/h14-17H,5-13H2,1-4H3. The lowest BCUT2D eigenvalue weighted by Crippen LogP contribution is -2.46. The van der Waals surface area contributed by atoms with Gasteiger partial charge in [0.2, 0.25) is 0 Å². The second-order valence-corrected chi connectivity index (χ2v) is 9.57. The van der Waals surface area contributed by atoms with E-state index >= 15 is 0 Å². The molecule has 0 aromatic heterocycles. The lowest BCUT2D eigenvalue weighted by atomic mass is 9.79. The van der Waals surface area contributed by atoms with Crippen LogP contribution in [0.2, 0.25) is 6.04 Å². The number of hydrogen-bond donors (Lipinski definition) is 0. The number of rotatable bonds is 10. The van der Waals surface area contributed by atoms with Gasteiger partial charge in [0.05, 0.1) is 0 Å². The molecule has 2 bridgehead atoms. The van der Waals surface area contributed by atoms with Gasteiger partial charge < -0.3 is 13.3 Å². The van der Waals surface area contributed by atoms with Crippen molar-refractivity contribution >= 4 is 8.80 Å². The van der Waals surface area contributed by atoms with Gasteiger partial charge in [0.15, 0.2) is 0 Å². The van der Waals surface area contributed by atoms with Crippen molar-refractivity contribution in [2.75, 3.05) is 19.8 Å². The van der Waals surface area contributed by atoms with Crippen LogP contribution in [0, 0.1) is 23.7 Å². The van der Waals surface area contributed by atoms with Crippen LogP contribution in [0.5, 0.6) is 0 Å². The van der Waals surface area contributed by atoms with Crippen LogP contribution in [-0.4, -0.2) is 28.6 Å². The fourth-order valence-electron chi connectivity index (χ4n) is 4.61. The van der Waals surface area contributed by atoms with Crippen molar-refractivity contribution in [2.24, 2.45) is 23.7 Å². The molecule has 2 saturated carbocycles. The summed E-state index contributed by atoms with van der Waals surface area (Å²) in [5.74, 6) is 3.77. The lowest BCUT2D eigenvalue weighted by Gasteiger charge is -2.32. The van der Waals surface area contributed by atoms with E-state index in [9.17, 15) is 0 Å². The molecule has 2 rings (SSSR count). The quantitative estimate of drug-likeness (QED) is 0.556. The molecule has 3 nitrogen and oxygen atoms in total. The lowest BCUT2D eigenvalue weighted by molar-refractivity contribution is 0.0682. The first-order chi connectivity index (χ1) is 10.1. The SMILES string of the molecule is CCO[Si](CCC(C)C1CC2CCC1C2)(OCC)OCC. The summed E-state index contributed by atoms with van der Waals surface area (Å²) in [6.07, 6.45) is 7.13. The van der Waals surface area contributed by atoms with Crippen LogP contribution in [0.15, 0.2) is 0 Å². The number of fused-ring (bicyclic) bond motifs is 2. The predicted octanol–water partition coefficient (Wildman–Crippen LogP) is 4.50. The Kier molecular flexibility index (Phi) is 6.72. The summed E-state index contributed by atoms with van der Waals surface area (Å²) >= 11 is 0. The highest BCUT2D eigenvalue weighted by atomic mass is 28.4. The Morgan fingerprint density at radius 2 is 1.57 bits per heavy atom. The van der Waals surface area contributed by atoms with E-state index in [1.165, 1.54) is 32.1 Å². The van der Waals surface area contributed by atoms with E-state index in [1.54, 1.807) is 0 Å². The first-order valence-corrected chi connectivity index (χ1v) is 11.0. The molecule has 124 valence electrons. The summed E-state index contributed by atoms with van der Waals surface area (Å²) in [5.41, 5.74) is 0. The maximum atomic E-state index is 5.98. The Morgan fingerprint density at radius 1 is 0.952 bits per heavy atom. The van der Waals surface area contributed by atoms with Crippen molar-refractivity contribution in [1.82, 2.24) is 0 Å². The normalized spacial score (nSPS) is 30.0. The van der Waals surface area contributed by atoms with Crippen molar-refractivity contribution in [1.29, 1.82) is 0 Å². The van der Waals surface area contributed by atoms with Crippen LogP contribution >= 0.6 is 0 Å². The topological polar surface area (TPSA) is 27.7 Å². The molecular weight excluding hydrogens is 280 g/mol. The molecule has 0 aromatic rings. The van der Waals surface area contributed by atoms with Crippen molar-refractivity contribution < 1.29 is 13.3 Å². The van der Waals surface area contributed by atoms with Crippen molar-refractivity contribution in [3.8, 4) is 0 Å². The van der Waals surface area contributed by atoms with Gasteiger partial charge in [-0.3, -0.25) is 0 Å². The molecule has 0 saturated heterocycles. The van der Waals surface area contributed by atoms with E-state index in [2.05, 4.69) is 6.92 Å². The van der Waals surface area contributed by atoms with Gasteiger partial charge >= 0.3 is 8.80 Å². The minimum absolute atomic E-state index is 0.689. The zero-order valence-electron chi connectivity index (χ0n) is 14.4. The van der Waals surface area contributed by atoms with Gasteiger partial charge in [0, 0.05) is 25.9 Å². The zero-order chi connectivity index (χ0) is 15.3. The highest BCUT2D eigenvalue weighted by molar-refractivity contribution is 6.60. The van der Waals surface area contributed by atoms with Crippen LogP contribution in [0.3, 0.4) is 0 Å². The zero-order valence-corrected chi connectivity index (χ0v) is 15.4. The average molecular weight is 315 g/mol. The molecule has 2 aliphatic rings. The third kappa shape index (κ3) is 4.31. The van der Waals surface area contributed by atoms with E-state index < -0.39 is 8.80 Å². The summed E-state index contributed by atoms with van der Waals surface area (Å²) in [6.45, 7) is 10.6. The summed E-state index contributed by atoms with van der Waals surface area (Å²) in [4.78, 5) is 0. The van der Waals surface area contributed by atoms with Gasteiger partial charge in [-0.05, 0) is 70.1 Å². The molecule has 0 N–H and O–H groups in total. The Hall–Kier alpha value is 0.0969. The molecule has 0 spiro atoms. The largest absolute Gasteiger partial charge is 0.500 e. The molecule has 4 unspecified atom stereocenters. The maximum absolute atomic E-state index is 5.98. The van der Waals surface area contributed by atoms with Crippen LogP contribution in [0.1, 0.15) is 59.8 Å². The summed E-state index contributed by atoms with van der Waals surface area (Å²) in [5, 5.41) is 0. The Bertz CT molecular complexity index is 293. The van der Waals surface area contributed by atoms with Gasteiger partial charge in [-0.1, -0.05) is 13.3 Å². The minimum atomic E-state index is -2.43. The van der Waals surface area contributed by atoms with E-state index in [0.717, 1.165) is 29.7 Å². The monoisotopic (exact) mass is 314 g/mol. The highest BCUT2D eigenvalue weighted by Crippen LogP contribution is 2.51. The van der Waals surface area contributed by atoms with Gasteiger partial charge in [-0.25, -0.2) is 0 Å². The third-order valence-corrected chi connectivity index (χ3v) is 8.61. The second kappa shape index (κ2) is 8.09. The van der Waals surface area contributed by atoms with Crippen LogP contribution in [-0.2, 0) is 13.3 Å². The molecular formula is C17H34O3Si. The number of hydrogen-bond acceptors (Lipinski definition) is 3. The smallest absolute Gasteiger partial charge is 0.374 e. The van der Waals surface area contributed by atoms with Crippen molar-refractivity contribution in [3.05, 3.63) is 0 Å². The Labute approximate surface area is 132 Å². The van der Waals surface area contributed by atoms with E-state index in [-0.39, 0.29) is 0 Å². The highest BCUT2D eigenvalue weighted by Gasteiger charge is 2.44. The van der Waals surface area contributed by atoms with Crippen molar-refractivity contribution in [3.63, 3.8) is 0 Å². The second-order valence-electron chi connectivity index (χ2n) is 6.84. The van der Waals surface area contributed by atoms with E-state index in [0.29, 0.717) is 19.8 Å². The molecule has 0 aliphatic heterocycles. The molecule has 21 heavy (non-hydrogen) atoms. The fraction of sp³-hybridized carbons (Fsp3) is 1.00. The van der Waals surface area contributed by atoms with Gasteiger partial charge in [0.1, 0.15) is 0 Å². The first kappa shape index (κ1) is 17.5. The van der Waals surface area contributed by atoms with Gasteiger partial charge in [-0.15, -0.1) is 0 Å². The Balaban J connectivity index is 1.87. The molecule has 4 atom stereocenters. The van der Waals surface area contributed by atoms with E-state index in [4.69, 9.17) is 13.3 Å². The molecule has 4 heteroatoms. The van der Waals surface area contributed by atoms with Crippen LogP contribution in [0.4, 0.5) is 0 Å². The average Bonchev–Trinajstić information content (AvgIpc) is 3.08. The predicted molar refractivity (Wildman–Crippen MR) is 88.2 cm³/mol. The van der Waals surface area contributed by atoms with Crippen molar-refractivity contribution in [2.45, 2.75) is 65.8 Å². The van der Waals surface area contributed by atoms with Crippen LogP contribution < -0.4 is 0 Å². The third-order valence-electron chi connectivity index (χ3n) is 5.52. The Morgan fingerprint density at radius 3 is 2.00 bits per heavy atom. The minimum Gasteiger partial charge on any atom is -0.374 e. The molecule has 2 aliphatic carbocycles. The molecule has 0 radical (unpaired) electrons. The summed E-state index contributed by atoms with van der Waals surface area (Å²) < 4.78 is 17.9. The molecule has 2 fully saturated rings. The van der Waals surface area contributed by atoms with Gasteiger partial charge in [0.25, 0.3) is 0 Å². The molecule has 0 amide bonds. The van der Waals surface area contributed by atoms with Crippen LogP contribution in [0.25, 0.3) is 0 Å².